The maximum Gasteiger partial charge on any atom is 0.404 e. The van der Waals surface area contributed by atoms with Crippen LogP contribution in [0.2, 0.25) is 0 Å². The van der Waals surface area contributed by atoms with E-state index in [1.54, 1.807) is 7.11 Å². The number of nitrogens with one attached hydrogen (secondary N) is 2. The average molecular weight is 459 g/mol. The number of pyridine rings is 1. The molecule has 2 aromatic heterocycles. The van der Waals surface area contributed by atoms with Crippen LogP contribution in [-0.4, -0.2) is 23.3 Å². The number of hydrogen-bond donors (Lipinski definition) is 3. The molecule has 1 amide bonds. The van der Waals surface area contributed by atoms with E-state index < -0.39 is 6.09 Å². The predicted molar refractivity (Wildman–Crippen MR) is 115 cm³/mol. The number of methoxy groups -OCH3 is 1. The maximum atomic E-state index is 12.4. The van der Waals surface area contributed by atoms with Crippen LogP contribution in [0.25, 0.3) is 32.1 Å². The van der Waals surface area contributed by atoms with E-state index in [0.29, 0.717) is 16.0 Å². The van der Waals surface area contributed by atoms with Crippen LogP contribution in [0.15, 0.2) is 51.0 Å². The van der Waals surface area contributed by atoms with Crippen molar-refractivity contribution in [2.24, 2.45) is 0 Å². The van der Waals surface area contributed by atoms with Crippen LogP contribution in [-0.2, 0) is 6.54 Å². The first-order valence-electron chi connectivity index (χ1n) is 8.35. The van der Waals surface area contributed by atoms with Gasteiger partial charge in [0, 0.05) is 27.4 Å². The van der Waals surface area contributed by atoms with E-state index in [9.17, 15) is 9.59 Å². The summed E-state index contributed by atoms with van der Waals surface area (Å²) >= 11 is 4.94. The van der Waals surface area contributed by atoms with Gasteiger partial charge < -0.3 is 20.1 Å². The Morgan fingerprint density at radius 3 is 2.71 bits per heavy atom. The molecule has 2 heterocycles. The van der Waals surface area contributed by atoms with Crippen LogP contribution in [0.3, 0.4) is 0 Å². The highest BCUT2D eigenvalue weighted by atomic mass is 79.9. The molecule has 0 radical (unpaired) electrons. The molecule has 2 aromatic carbocycles. The van der Waals surface area contributed by atoms with Crippen molar-refractivity contribution in [3.05, 3.63) is 62.2 Å². The van der Waals surface area contributed by atoms with Crippen molar-refractivity contribution in [1.82, 2.24) is 10.3 Å². The van der Waals surface area contributed by atoms with Crippen molar-refractivity contribution < 1.29 is 14.6 Å². The van der Waals surface area contributed by atoms with Crippen LogP contribution >= 0.6 is 27.3 Å². The van der Waals surface area contributed by atoms with Gasteiger partial charge in [-0.05, 0) is 44.6 Å². The van der Waals surface area contributed by atoms with Crippen LogP contribution in [0, 0.1) is 0 Å². The molecule has 0 saturated carbocycles. The third kappa shape index (κ3) is 3.14. The molecule has 0 fully saturated rings. The number of rotatable bonds is 4. The van der Waals surface area contributed by atoms with Gasteiger partial charge in [0.2, 0.25) is 0 Å². The lowest BCUT2D eigenvalue weighted by Gasteiger charge is -2.15. The number of H-pyrrole nitrogens is 1. The summed E-state index contributed by atoms with van der Waals surface area (Å²) < 4.78 is 7.05. The van der Waals surface area contributed by atoms with Gasteiger partial charge in [-0.25, -0.2) is 4.79 Å². The molecule has 0 atom stereocenters. The predicted octanol–water partition coefficient (Wildman–Crippen LogP) is 4.95. The number of aromatic amines is 1. The number of halogens is 1. The van der Waals surface area contributed by atoms with E-state index in [-0.39, 0.29) is 12.1 Å². The van der Waals surface area contributed by atoms with E-state index in [4.69, 9.17) is 9.84 Å². The second-order valence-electron chi connectivity index (χ2n) is 6.16. The molecule has 0 aliphatic rings. The van der Waals surface area contributed by atoms with Crippen molar-refractivity contribution in [3.8, 4) is 16.9 Å². The first-order valence-corrected chi connectivity index (χ1v) is 10.0. The molecular weight excluding hydrogens is 444 g/mol. The largest absolute Gasteiger partial charge is 0.496 e. The van der Waals surface area contributed by atoms with Gasteiger partial charge in [-0.1, -0.05) is 24.3 Å². The summed E-state index contributed by atoms with van der Waals surface area (Å²) in [4.78, 5) is 26.1. The number of ether oxygens (including phenoxy) is 1. The normalized spacial score (nSPS) is 11.1. The van der Waals surface area contributed by atoms with E-state index in [1.807, 2.05) is 41.8 Å². The van der Waals surface area contributed by atoms with Crippen molar-refractivity contribution in [3.63, 3.8) is 0 Å². The minimum absolute atomic E-state index is 0.121. The van der Waals surface area contributed by atoms with E-state index in [0.717, 1.165) is 31.9 Å². The van der Waals surface area contributed by atoms with Gasteiger partial charge >= 0.3 is 6.09 Å². The molecule has 0 unspecified atom stereocenters. The number of hydrogen-bond acceptors (Lipinski definition) is 4. The topological polar surface area (TPSA) is 91.4 Å². The lowest BCUT2D eigenvalue weighted by atomic mass is 9.96. The first kappa shape index (κ1) is 18.5. The van der Waals surface area contributed by atoms with Gasteiger partial charge in [-0.2, -0.15) is 0 Å². The van der Waals surface area contributed by atoms with Gasteiger partial charge in [0.05, 0.1) is 12.6 Å². The summed E-state index contributed by atoms with van der Waals surface area (Å²) in [6.07, 6.45) is -1.06. The summed E-state index contributed by atoms with van der Waals surface area (Å²) in [5, 5.41) is 14.8. The Morgan fingerprint density at radius 2 is 2.04 bits per heavy atom. The Balaban J connectivity index is 1.97. The van der Waals surface area contributed by atoms with Crippen molar-refractivity contribution >= 4 is 54.3 Å². The Morgan fingerprint density at radius 1 is 1.29 bits per heavy atom. The third-order valence-corrected chi connectivity index (χ3v) is 6.07. The second-order valence-corrected chi connectivity index (χ2v) is 7.93. The third-order valence-electron chi connectivity index (χ3n) is 4.53. The monoisotopic (exact) mass is 458 g/mol. The minimum atomic E-state index is -1.06. The molecule has 28 heavy (non-hydrogen) atoms. The SMILES string of the molecule is COc1cc(Br)c2[nH]c(=O)c3sccc3c2c1-c1ccc(CNC(=O)O)cc1. The summed E-state index contributed by atoms with van der Waals surface area (Å²) in [6.45, 7) is 0.232. The number of amides is 1. The average Bonchev–Trinajstić information content (AvgIpc) is 3.18. The van der Waals surface area contributed by atoms with Gasteiger partial charge in [0.25, 0.3) is 5.56 Å². The summed E-state index contributed by atoms with van der Waals surface area (Å²) in [5.74, 6) is 0.676. The van der Waals surface area contributed by atoms with E-state index >= 15 is 0 Å². The fourth-order valence-corrected chi connectivity index (χ4v) is 4.59. The fourth-order valence-electron chi connectivity index (χ4n) is 3.29. The zero-order chi connectivity index (χ0) is 19.8. The van der Waals surface area contributed by atoms with E-state index in [1.165, 1.54) is 11.3 Å². The molecule has 0 saturated heterocycles. The highest BCUT2D eigenvalue weighted by molar-refractivity contribution is 9.10. The zero-order valence-electron chi connectivity index (χ0n) is 14.7. The molecule has 4 rings (SSSR count). The number of fused-ring (bicyclic) bond motifs is 3. The number of carboxylic acid groups (broad SMARTS) is 1. The smallest absolute Gasteiger partial charge is 0.404 e. The van der Waals surface area contributed by atoms with Crippen LogP contribution in [0.5, 0.6) is 5.75 Å². The van der Waals surface area contributed by atoms with Crippen molar-refractivity contribution in [1.29, 1.82) is 0 Å². The van der Waals surface area contributed by atoms with Crippen LogP contribution in [0.1, 0.15) is 5.56 Å². The summed E-state index contributed by atoms with van der Waals surface area (Å²) in [7, 11) is 1.61. The van der Waals surface area contributed by atoms with Gasteiger partial charge in [-0.15, -0.1) is 11.3 Å². The number of carbonyl (C=O) groups is 1. The number of benzene rings is 2. The second kappa shape index (κ2) is 7.29. The van der Waals surface area contributed by atoms with Gasteiger partial charge in [0.1, 0.15) is 10.4 Å². The maximum absolute atomic E-state index is 12.4. The molecule has 6 nitrogen and oxygen atoms in total. The summed E-state index contributed by atoms with van der Waals surface area (Å²) in [6, 6.07) is 11.4. The van der Waals surface area contributed by atoms with Crippen molar-refractivity contribution in [2.75, 3.05) is 7.11 Å². The minimum Gasteiger partial charge on any atom is -0.496 e. The standard InChI is InChI=1S/C20H15BrN2O4S/c1-27-14-8-13(21)17-16(12-6-7-28-18(12)19(24)23-17)15(14)11-4-2-10(3-5-11)9-22-20(25)26/h2-8,22H,9H2,1H3,(H,23,24)(H,25,26). The quantitative estimate of drug-likeness (QED) is 0.403. The summed E-state index contributed by atoms with van der Waals surface area (Å²) in [5.41, 5.74) is 3.22. The molecule has 0 bridgehead atoms. The molecule has 0 aliphatic heterocycles. The highest BCUT2D eigenvalue weighted by Crippen LogP contribution is 2.43. The Kier molecular flexibility index (Phi) is 4.82. The zero-order valence-corrected chi connectivity index (χ0v) is 17.1. The van der Waals surface area contributed by atoms with Crippen LogP contribution < -0.4 is 15.6 Å². The molecular formula is C20H15BrN2O4S. The molecule has 3 N–H and O–H groups in total. The van der Waals surface area contributed by atoms with Crippen molar-refractivity contribution in [2.45, 2.75) is 6.54 Å². The highest BCUT2D eigenvalue weighted by Gasteiger charge is 2.18. The Labute approximate surface area is 171 Å². The molecule has 0 spiro atoms. The molecule has 142 valence electrons. The molecule has 8 heteroatoms. The fraction of sp³-hybridized carbons (Fsp3) is 0.100. The molecule has 4 aromatic rings. The number of aromatic nitrogens is 1. The number of thiophene rings is 1. The Hall–Kier alpha value is -2.84. The lowest BCUT2D eigenvalue weighted by Crippen LogP contribution is -2.19. The lowest BCUT2D eigenvalue weighted by molar-refractivity contribution is 0.194. The van der Waals surface area contributed by atoms with Crippen LogP contribution in [0.4, 0.5) is 4.79 Å². The van der Waals surface area contributed by atoms with E-state index in [2.05, 4.69) is 26.2 Å². The Bertz CT molecular complexity index is 1260. The van der Waals surface area contributed by atoms with Gasteiger partial charge in [0.15, 0.2) is 0 Å². The first-order chi connectivity index (χ1) is 13.5. The molecule has 0 aliphatic carbocycles. The van der Waals surface area contributed by atoms with Gasteiger partial charge in [-0.3, -0.25) is 4.79 Å².